The molecule has 72 valence electrons. The molecule has 2 nitrogen and oxygen atoms in total. The quantitative estimate of drug-likeness (QED) is 0.423. The Hall–Kier alpha value is -0.340. The van der Waals surface area contributed by atoms with E-state index in [1.807, 2.05) is 6.08 Å². The molecule has 0 aliphatic rings. The molecule has 0 aromatic rings. The second-order valence-corrected chi connectivity index (χ2v) is 2.79. The van der Waals surface area contributed by atoms with Gasteiger partial charge in [0, 0.05) is 6.54 Å². The smallest absolute Gasteiger partial charge is 0.0591 e. The van der Waals surface area contributed by atoms with Gasteiger partial charge < -0.3 is 10.1 Å². The van der Waals surface area contributed by atoms with E-state index >= 15 is 0 Å². The third-order valence-corrected chi connectivity index (χ3v) is 1.60. The molecule has 0 aromatic heterocycles. The summed E-state index contributed by atoms with van der Waals surface area (Å²) in [6.45, 7) is 9.52. The predicted molar refractivity (Wildman–Crippen MR) is 53.4 cm³/mol. The van der Waals surface area contributed by atoms with Gasteiger partial charge in [0.1, 0.15) is 0 Å². The standard InChI is InChI=1S/C10H21NO/c1-3-5-7-11-8-10-12-9-6-4-2/h4,11H,2-3,5-10H2,1H3. The summed E-state index contributed by atoms with van der Waals surface area (Å²) in [5, 5.41) is 3.31. The average Bonchev–Trinajstić information content (AvgIpc) is 2.10. The van der Waals surface area contributed by atoms with Crippen LogP contribution in [-0.2, 0) is 4.74 Å². The Labute approximate surface area is 76.0 Å². The van der Waals surface area contributed by atoms with E-state index in [1.54, 1.807) is 0 Å². The van der Waals surface area contributed by atoms with E-state index in [0.717, 1.165) is 32.7 Å². The van der Waals surface area contributed by atoms with Crippen molar-refractivity contribution >= 4 is 0 Å². The molecular formula is C10H21NO. The van der Waals surface area contributed by atoms with Gasteiger partial charge in [-0.2, -0.15) is 0 Å². The second kappa shape index (κ2) is 10.7. The van der Waals surface area contributed by atoms with Gasteiger partial charge in [-0.05, 0) is 19.4 Å². The van der Waals surface area contributed by atoms with Crippen molar-refractivity contribution in [3.63, 3.8) is 0 Å². The number of ether oxygens (including phenoxy) is 1. The summed E-state index contributed by atoms with van der Waals surface area (Å²) >= 11 is 0. The monoisotopic (exact) mass is 171 g/mol. The van der Waals surface area contributed by atoms with Gasteiger partial charge in [-0.3, -0.25) is 0 Å². The third-order valence-electron chi connectivity index (χ3n) is 1.60. The molecule has 0 aromatic carbocycles. The SMILES string of the molecule is C=CCCOCCNCCCC. The van der Waals surface area contributed by atoms with E-state index in [0.29, 0.717) is 0 Å². The van der Waals surface area contributed by atoms with Gasteiger partial charge in [-0.25, -0.2) is 0 Å². The van der Waals surface area contributed by atoms with Gasteiger partial charge in [0.05, 0.1) is 13.2 Å². The van der Waals surface area contributed by atoms with E-state index in [-0.39, 0.29) is 0 Å². The van der Waals surface area contributed by atoms with Crippen molar-refractivity contribution in [2.45, 2.75) is 26.2 Å². The van der Waals surface area contributed by atoms with Crippen molar-refractivity contribution in [3.05, 3.63) is 12.7 Å². The predicted octanol–water partition coefficient (Wildman–Crippen LogP) is 1.97. The van der Waals surface area contributed by atoms with E-state index < -0.39 is 0 Å². The van der Waals surface area contributed by atoms with Crippen LogP contribution in [0.15, 0.2) is 12.7 Å². The first-order valence-electron chi connectivity index (χ1n) is 4.81. The number of hydrogen-bond donors (Lipinski definition) is 1. The van der Waals surface area contributed by atoms with E-state index in [4.69, 9.17) is 4.74 Å². The molecule has 0 fully saturated rings. The van der Waals surface area contributed by atoms with Gasteiger partial charge in [0.2, 0.25) is 0 Å². The lowest BCUT2D eigenvalue weighted by molar-refractivity contribution is 0.140. The van der Waals surface area contributed by atoms with Gasteiger partial charge in [-0.1, -0.05) is 19.4 Å². The third kappa shape index (κ3) is 9.66. The highest BCUT2D eigenvalue weighted by atomic mass is 16.5. The van der Waals surface area contributed by atoms with Crippen LogP contribution in [0.1, 0.15) is 26.2 Å². The van der Waals surface area contributed by atoms with Crippen molar-refractivity contribution in [1.29, 1.82) is 0 Å². The maximum Gasteiger partial charge on any atom is 0.0591 e. The topological polar surface area (TPSA) is 21.3 Å². The highest BCUT2D eigenvalue weighted by molar-refractivity contribution is 4.64. The maximum absolute atomic E-state index is 5.32. The van der Waals surface area contributed by atoms with Crippen molar-refractivity contribution in [2.24, 2.45) is 0 Å². The molecular weight excluding hydrogens is 150 g/mol. The molecule has 0 aliphatic carbocycles. The van der Waals surface area contributed by atoms with Crippen LogP contribution in [0, 0.1) is 0 Å². The van der Waals surface area contributed by atoms with Crippen molar-refractivity contribution < 1.29 is 4.74 Å². The molecule has 1 N–H and O–H groups in total. The molecule has 0 saturated carbocycles. The fourth-order valence-electron chi connectivity index (χ4n) is 0.840. The number of nitrogens with one attached hydrogen (secondary N) is 1. The molecule has 0 spiro atoms. The molecule has 12 heavy (non-hydrogen) atoms. The molecule has 0 aliphatic heterocycles. The van der Waals surface area contributed by atoms with Crippen LogP contribution in [0.3, 0.4) is 0 Å². The fourth-order valence-corrected chi connectivity index (χ4v) is 0.840. The van der Waals surface area contributed by atoms with Crippen molar-refractivity contribution in [3.8, 4) is 0 Å². The van der Waals surface area contributed by atoms with Crippen LogP contribution in [0.4, 0.5) is 0 Å². The van der Waals surface area contributed by atoms with Crippen LogP contribution < -0.4 is 5.32 Å². The minimum atomic E-state index is 0.805. The van der Waals surface area contributed by atoms with E-state index in [2.05, 4.69) is 18.8 Å². The Kier molecular flexibility index (Phi) is 10.4. The number of hydrogen-bond acceptors (Lipinski definition) is 2. The Morgan fingerprint density at radius 1 is 1.33 bits per heavy atom. The lowest BCUT2D eigenvalue weighted by Gasteiger charge is -2.03. The zero-order valence-electron chi connectivity index (χ0n) is 8.14. The molecule has 0 amide bonds. The zero-order chi connectivity index (χ0) is 9.07. The zero-order valence-corrected chi connectivity index (χ0v) is 8.14. The summed E-state index contributed by atoms with van der Waals surface area (Å²) in [6.07, 6.45) is 5.34. The van der Waals surface area contributed by atoms with Crippen LogP contribution in [0.25, 0.3) is 0 Å². The largest absolute Gasteiger partial charge is 0.380 e. The summed E-state index contributed by atoms with van der Waals surface area (Å²) in [5.41, 5.74) is 0. The highest BCUT2D eigenvalue weighted by Crippen LogP contribution is 1.83. The van der Waals surface area contributed by atoms with Crippen molar-refractivity contribution in [1.82, 2.24) is 5.32 Å². The Morgan fingerprint density at radius 2 is 2.17 bits per heavy atom. The highest BCUT2D eigenvalue weighted by Gasteiger charge is 1.86. The first-order valence-corrected chi connectivity index (χ1v) is 4.81. The molecule has 0 unspecified atom stereocenters. The van der Waals surface area contributed by atoms with Gasteiger partial charge in [0.25, 0.3) is 0 Å². The molecule has 0 radical (unpaired) electrons. The minimum absolute atomic E-state index is 0.805. The molecule has 0 saturated heterocycles. The normalized spacial score (nSPS) is 10.1. The average molecular weight is 171 g/mol. The Morgan fingerprint density at radius 3 is 2.83 bits per heavy atom. The van der Waals surface area contributed by atoms with Crippen LogP contribution >= 0.6 is 0 Å². The summed E-state index contributed by atoms with van der Waals surface area (Å²) in [6, 6.07) is 0. The summed E-state index contributed by atoms with van der Waals surface area (Å²) in [7, 11) is 0. The van der Waals surface area contributed by atoms with E-state index in [1.165, 1.54) is 12.8 Å². The van der Waals surface area contributed by atoms with Gasteiger partial charge >= 0.3 is 0 Å². The maximum atomic E-state index is 5.32. The Bertz CT molecular complexity index is 93.8. The molecule has 0 heterocycles. The van der Waals surface area contributed by atoms with Crippen molar-refractivity contribution in [2.75, 3.05) is 26.3 Å². The summed E-state index contributed by atoms with van der Waals surface area (Å²) in [5.74, 6) is 0. The van der Waals surface area contributed by atoms with Crippen LogP contribution in [0.5, 0.6) is 0 Å². The minimum Gasteiger partial charge on any atom is -0.380 e. The number of rotatable bonds is 9. The molecule has 0 bridgehead atoms. The second-order valence-electron chi connectivity index (χ2n) is 2.79. The lowest BCUT2D eigenvalue weighted by atomic mass is 10.3. The van der Waals surface area contributed by atoms with Crippen LogP contribution in [0.2, 0.25) is 0 Å². The Balaban J connectivity index is 2.77. The first-order chi connectivity index (χ1) is 5.91. The first kappa shape index (κ1) is 11.7. The number of unbranched alkanes of at least 4 members (excludes halogenated alkanes) is 1. The van der Waals surface area contributed by atoms with Gasteiger partial charge in [0.15, 0.2) is 0 Å². The molecule has 0 rings (SSSR count). The molecule has 0 atom stereocenters. The molecule has 2 heteroatoms. The lowest BCUT2D eigenvalue weighted by Crippen LogP contribution is -2.20. The van der Waals surface area contributed by atoms with Crippen LogP contribution in [-0.4, -0.2) is 26.3 Å². The van der Waals surface area contributed by atoms with Gasteiger partial charge in [-0.15, -0.1) is 6.58 Å². The summed E-state index contributed by atoms with van der Waals surface area (Å²) in [4.78, 5) is 0. The summed E-state index contributed by atoms with van der Waals surface area (Å²) < 4.78 is 5.32. The van der Waals surface area contributed by atoms with E-state index in [9.17, 15) is 0 Å². The fraction of sp³-hybridized carbons (Fsp3) is 0.800.